The van der Waals surface area contributed by atoms with Crippen molar-refractivity contribution < 1.29 is 4.79 Å². The number of carbonyl (C=O) groups excluding carboxylic acids is 1. The van der Waals surface area contributed by atoms with Gasteiger partial charge in [0.05, 0.1) is 6.04 Å². The minimum Gasteiger partial charge on any atom is -0.339 e. The molecule has 0 aromatic heterocycles. The van der Waals surface area contributed by atoms with Gasteiger partial charge in [0.1, 0.15) is 0 Å². The minimum atomic E-state index is 0. The highest BCUT2D eigenvalue weighted by Crippen LogP contribution is 2.21. The molecule has 0 radical (unpaired) electrons. The van der Waals surface area contributed by atoms with E-state index < -0.39 is 0 Å². The smallest absolute Gasteiger partial charge is 0.224 e. The van der Waals surface area contributed by atoms with E-state index in [1.165, 1.54) is 0 Å². The second-order valence-corrected chi connectivity index (χ2v) is 4.52. The van der Waals surface area contributed by atoms with Gasteiger partial charge in [0.2, 0.25) is 5.91 Å². The first-order valence-electron chi connectivity index (χ1n) is 5.72. The molecule has 1 aromatic rings. The molecule has 0 saturated carbocycles. The molecular weight excluding hydrogens is 271 g/mol. The normalized spacial score (nSPS) is 11.6. The number of halogens is 2. The lowest BCUT2D eigenvalue weighted by atomic mass is 10.1. The lowest BCUT2D eigenvalue weighted by Gasteiger charge is -2.25. The van der Waals surface area contributed by atoms with E-state index in [1.807, 2.05) is 45.3 Å². The number of nitrogens with one attached hydrogen (secondary N) is 1. The third-order valence-corrected chi connectivity index (χ3v) is 3.17. The summed E-state index contributed by atoms with van der Waals surface area (Å²) in [6, 6.07) is 7.67. The monoisotopic (exact) mass is 290 g/mol. The van der Waals surface area contributed by atoms with E-state index in [0.29, 0.717) is 18.0 Å². The van der Waals surface area contributed by atoms with Crippen molar-refractivity contribution in [2.75, 3.05) is 20.6 Å². The summed E-state index contributed by atoms with van der Waals surface area (Å²) in [6.45, 7) is 2.72. The molecule has 0 aliphatic carbocycles. The zero-order chi connectivity index (χ0) is 12.8. The third kappa shape index (κ3) is 4.84. The number of amides is 1. The van der Waals surface area contributed by atoms with Crippen LogP contribution in [0.4, 0.5) is 0 Å². The van der Waals surface area contributed by atoms with Gasteiger partial charge in [-0.15, -0.1) is 12.4 Å². The second kappa shape index (κ2) is 8.35. The van der Waals surface area contributed by atoms with Gasteiger partial charge in [-0.25, -0.2) is 0 Å². The van der Waals surface area contributed by atoms with Gasteiger partial charge in [-0.1, -0.05) is 23.7 Å². The molecule has 102 valence electrons. The Labute approximate surface area is 120 Å². The van der Waals surface area contributed by atoms with E-state index >= 15 is 0 Å². The highest BCUT2D eigenvalue weighted by molar-refractivity contribution is 6.30. The van der Waals surface area contributed by atoms with Gasteiger partial charge in [0, 0.05) is 25.0 Å². The average molecular weight is 291 g/mol. The quantitative estimate of drug-likeness (QED) is 0.904. The van der Waals surface area contributed by atoms with Crippen LogP contribution >= 0.6 is 24.0 Å². The fourth-order valence-corrected chi connectivity index (χ4v) is 1.72. The van der Waals surface area contributed by atoms with Gasteiger partial charge in [-0.05, 0) is 31.7 Å². The van der Waals surface area contributed by atoms with E-state index in [4.69, 9.17) is 11.6 Å². The standard InChI is InChI=1S/C13H19ClN2O.ClH/c1-10(11-4-6-12(14)7-5-11)16(3)13(17)8-9-15-2;/h4-7,10,15H,8-9H2,1-3H3;1H. The summed E-state index contributed by atoms with van der Waals surface area (Å²) in [7, 11) is 3.67. The molecule has 0 saturated heterocycles. The van der Waals surface area contributed by atoms with Crippen LogP contribution in [0.1, 0.15) is 24.9 Å². The van der Waals surface area contributed by atoms with Gasteiger partial charge in [0.25, 0.3) is 0 Å². The Balaban J connectivity index is 0.00000289. The van der Waals surface area contributed by atoms with Gasteiger partial charge in [-0.3, -0.25) is 4.79 Å². The topological polar surface area (TPSA) is 32.3 Å². The highest BCUT2D eigenvalue weighted by atomic mass is 35.5. The Hall–Kier alpha value is -0.770. The number of carbonyl (C=O) groups is 1. The SMILES string of the molecule is CNCCC(=O)N(C)C(C)c1ccc(Cl)cc1.Cl. The van der Waals surface area contributed by atoms with Crippen molar-refractivity contribution in [3.8, 4) is 0 Å². The third-order valence-electron chi connectivity index (χ3n) is 2.92. The van der Waals surface area contributed by atoms with Crippen molar-refractivity contribution in [3.63, 3.8) is 0 Å². The maximum atomic E-state index is 11.8. The fourth-order valence-electron chi connectivity index (χ4n) is 1.59. The Morgan fingerprint density at radius 3 is 2.44 bits per heavy atom. The summed E-state index contributed by atoms with van der Waals surface area (Å²) in [5, 5.41) is 3.69. The van der Waals surface area contributed by atoms with Crippen LogP contribution in [-0.2, 0) is 4.79 Å². The lowest BCUT2D eigenvalue weighted by molar-refractivity contribution is -0.131. The predicted octanol–water partition coefficient (Wildman–Crippen LogP) is 2.89. The van der Waals surface area contributed by atoms with E-state index in [-0.39, 0.29) is 24.4 Å². The van der Waals surface area contributed by atoms with Gasteiger partial charge in [-0.2, -0.15) is 0 Å². The molecule has 0 aliphatic rings. The van der Waals surface area contributed by atoms with Crippen LogP contribution in [0.15, 0.2) is 24.3 Å². The van der Waals surface area contributed by atoms with E-state index in [0.717, 1.165) is 5.56 Å². The van der Waals surface area contributed by atoms with Crippen LogP contribution in [0.5, 0.6) is 0 Å². The van der Waals surface area contributed by atoms with Crippen LogP contribution < -0.4 is 5.32 Å². The van der Waals surface area contributed by atoms with Crippen LogP contribution in [0.3, 0.4) is 0 Å². The van der Waals surface area contributed by atoms with Crippen LogP contribution in [0, 0.1) is 0 Å². The van der Waals surface area contributed by atoms with Gasteiger partial charge in [0.15, 0.2) is 0 Å². The maximum Gasteiger partial charge on any atom is 0.224 e. The Kier molecular flexibility index (Phi) is 8.00. The lowest BCUT2D eigenvalue weighted by Crippen LogP contribution is -2.31. The summed E-state index contributed by atoms with van der Waals surface area (Å²) in [6.07, 6.45) is 0.519. The molecule has 3 nitrogen and oxygen atoms in total. The number of hydrogen-bond acceptors (Lipinski definition) is 2. The predicted molar refractivity (Wildman–Crippen MR) is 78.4 cm³/mol. The first-order chi connectivity index (χ1) is 8.06. The number of nitrogens with zero attached hydrogens (tertiary/aromatic N) is 1. The molecule has 1 rings (SSSR count). The van der Waals surface area contributed by atoms with Crippen molar-refractivity contribution in [2.45, 2.75) is 19.4 Å². The molecule has 1 aromatic carbocycles. The molecule has 0 fully saturated rings. The molecule has 18 heavy (non-hydrogen) atoms. The van der Waals surface area contributed by atoms with Crippen LogP contribution in [-0.4, -0.2) is 31.4 Å². The van der Waals surface area contributed by atoms with Crippen molar-refractivity contribution in [3.05, 3.63) is 34.9 Å². The summed E-state index contributed by atoms with van der Waals surface area (Å²) in [5.41, 5.74) is 1.09. The minimum absolute atomic E-state index is 0. The zero-order valence-corrected chi connectivity index (χ0v) is 12.5. The van der Waals surface area contributed by atoms with Gasteiger partial charge >= 0.3 is 0 Å². The molecular formula is C13H20Cl2N2O. The molecule has 1 atom stereocenters. The molecule has 5 heteroatoms. The fraction of sp³-hybridized carbons (Fsp3) is 0.462. The number of hydrogen-bond donors (Lipinski definition) is 1. The molecule has 0 aliphatic heterocycles. The Morgan fingerprint density at radius 1 is 1.39 bits per heavy atom. The molecule has 1 amide bonds. The zero-order valence-electron chi connectivity index (χ0n) is 10.9. The van der Waals surface area contributed by atoms with Crippen LogP contribution in [0.2, 0.25) is 5.02 Å². The van der Waals surface area contributed by atoms with Crippen molar-refractivity contribution in [1.82, 2.24) is 10.2 Å². The molecule has 0 heterocycles. The summed E-state index contributed by atoms with van der Waals surface area (Å²) < 4.78 is 0. The Morgan fingerprint density at radius 2 is 1.94 bits per heavy atom. The number of rotatable bonds is 5. The van der Waals surface area contributed by atoms with Gasteiger partial charge < -0.3 is 10.2 Å². The van der Waals surface area contributed by atoms with E-state index in [9.17, 15) is 4.79 Å². The Bertz CT molecular complexity index is 368. The molecule has 1 N–H and O–H groups in total. The van der Waals surface area contributed by atoms with Crippen LogP contribution in [0.25, 0.3) is 0 Å². The largest absolute Gasteiger partial charge is 0.339 e. The molecule has 1 unspecified atom stereocenters. The van der Waals surface area contributed by atoms with E-state index in [1.54, 1.807) is 4.90 Å². The maximum absolute atomic E-state index is 11.8. The summed E-state index contributed by atoms with van der Waals surface area (Å²) >= 11 is 5.84. The number of benzene rings is 1. The van der Waals surface area contributed by atoms with E-state index in [2.05, 4.69) is 5.32 Å². The van der Waals surface area contributed by atoms with Crippen molar-refractivity contribution >= 4 is 29.9 Å². The summed E-state index contributed by atoms with van der Waals surface area (Å²) in [4.78, 5) is 13.6. The summed E-state index contributed by atoms with van der Waals surface area (Å²) in [5.74, 6) is 0.141. The first-order valence-corrected chi connectivity index (χ1v) is 6.09. The second-order valence-electron chi connectivity index (χ2n) is 4.09. The molecule has 0 spiro atoms. The van der Waals surface area contributed by atoms with Crippen molar-refractivity contribution in [2.24, 2.45) is 0 Å². The van der Waals surface area contributed by atoms with Crippen molar-refractivity contribution in [1.29, 1.82) is 0 Å². The molecule has 0 bridgehead atoms. The highest BCUT2D eigenvalue weighted by Gasteiger charge is 2.16. The average Bonchev–Trinajstić information content (AvgIpc) is 2.35. The first kappa shape index (κ1) is 17.2.